The number of hydrogen-bond donors (Lipinski definition) is 0. The molecule has 0 aliphatic rings. The van der Waals surface area contributed by atoms with Crippen LogP contribution in [0.15, 0.2) is 23.1 Å². The van der Waals surface area contributed by atoms with Gasteiger partial charge in [0.1, 0.15) is 16.8 Å². The Hall–Kier alpha value is -1.38. The molecule has 0 unspecified atom stereocenters. The zero-order valence-electron chi connectivity index (χ0n) is 10.7. The minimum atomic E-state index is -3.75. The fraction of sp³-hybridized carbons (Fsp3) is 0.308. The number of halogens is 2. The first-order valence-corrected chi connectivity index (χ1v) is 7.27. The molecule has 0 saturated heterocycles. The number of rotatable bonds is 2. The smallest absolute Gasteiger partial charge is 0.193 e. The lowest BCUT2D eigenvalue weighted by atomic mass is 10.2. The second-order valence-corrected chi connectivity index (χ2v) is 7.99. The van der Waals surface area contributed by atoms with E-state index in [1.165, 1.54) is 39.0 Å². The highest BCUT2D eigenvalue weighted by atomic mass is 35.5. The van der Waals surface area contributed by atoms with Crippen molar-refractivity contribution >= 4 is 27.5 Å². The van der Waals surface area contributed by atoms with Gasteiger partial charge in [-0.2, -0.15) is 5.26 Å². The summed E-state index contributed by atoms with van der Waals surface area (Å²) in [6.45, 7) is 4.52. The molecular formula is C13H13ClFNO2S. The molecule has 0 N–H and O–H groups in total. The van der Waals surface area contributed by atoms with Crippen LogP contribution < -0.4 is 0 Å². The third-order valence-corrected chi connectivity index (χ3v) is 5.14. The second kappa shape index (κ2) is 5.32. The van der Waals surface area contributed by atoms with E-state index in [4.69, 9.17) is 16.9 Å². The molecule has 0 saturated carbocycles. The van der Waals surface area contributed by atoms with Gasteiger partial charge in [-0.05, 0) is 44.5 Å². The maximum absolute atomic E-state index is 13.0. The molecule has 0 amide bonds. The standard InChI is InChI=1S/C13H13ClFNO2S/c1-13(2,3)19(17,18)10(8-16)6-9-4-5-12(15)11(14)7-9/h4-7H,1-3H3/b10-6+. The molecule has 0 atom stereocenters. The third-order valence-electron chi connectivity index (χ3n) is 2.45. The normalized spacial score (nSPS) is 13.2. The quantitative estimate of drug-likeness (QED) is 0.785. The van der Waals surface area contributed by atoms with E-state index in [0.717, 1.165) is 6.07 Å². The summed E-state index contributed by atoms with van der Waals surface area (Å²) >= 11 is 5.61. The highest BCUT2D eigenvalue weighted by molar-refractivity contribution is 7.97. The molecule has 102 valence electrons. The molecule has 0 aromatic heterocycles. The molecule has 1 aromatic carbocycles. The van der Waals surface area contributed by atoms with Crippen LogP contribution in [-0.2, 0) is 9.84 Å². The molecule has 3 nitrogen and oxygen atoms in total. The van der Waals surface area contributed by atoms with Gasteiger partial charge in [0, 0.05) is 0 Å². The van der Waals surface area contributed by atoms with E-state index in [0.29, 0.717) is 5.56 Å². The van der Waals surface area contributed by atoms with E-state index in [1.807, 2.05) is 0 Å². The topological polar surface area (TPSA) is 57.9 Å². The van der Waals surface area contributed by atoms with Crippen molar-refractivity contribution < 1.29 is 12.8 Å². The van der Waals surface area contributed by atoms with Crippen LogP contribution in [0.5, 0.6) is 0 Å². The van der Waals surface area contributed by atoms with Crippen LogP contribution in [0.2, 0.25) is 5.02 Å². The van der Waals surface area contributed by atoms with Crippen molar-refractivity contribution in [1.29, 1.82) is 5.26 Å². The van der Waals surface area contributed by atoms with Crippen molar-refractivity contribution in [3.05, 3.63) is 39.5 Å². The van der Waals surface area contributed by atoms with Gasteiger partial charge in [-0.15, -0.1) is 0 Å². The SMILES string of the molecule is CC(C)(C)S(=O)(=O)/C(C#N)=C/c1ccc(F)c(Cl)c1. The molecule has 0 heterocycles. The minimum Gasteiger partial charge on any atom is -0.222 e. The summed E-state index contributed by atoms with van der Waals surface area (Å²) in [5.41, 5.74) is 0.357. The Bertz CT molecular complexity index is 667. The fourth-order valence-corrected chi connectivity index (χ4v) is 2.51. The molecule has 0 fully saturated rings. The number of nitriles is 1. The zero-order chi connectivity index (χ0) is 14.8. The molecule has 0 aliphatic heterocycles. The molecule has 0 spiro atoms. The monoisotopic (exact) mass is 301 g/mol. The fourth-order valence-electron chi connectivity index (χ4n) is 1.25. The van der Waals surface area contributed by atoms with Crippen LogP contribution in [0.25, 0.3) is 6.08 Å². The number of sulfone groups is 1. The summed E-state index contributed by atoms with van der Waals surface area (Å²) in [6.07, 6.45) is 1.19. The van der Waals surface area contributed by atoms with Gasteiger partial charge in [0.15, 0.2) is 9.84 Å². The summed E-state index contributed by atoms with van der Waals surface area (Å²) in [5.74, 6) is -0.601. The van der Waals surface area contributed by atoms with E-state index < -0.39 is 20.4 Å². The number of hydrogen-bond acceptors (Lipinski definition) is 3. The predicted molar refractivity (Wildman–Crippen MR) is 73.7 cm³/mol. The average molecular weight is 302 g/mol. The van der Waals surface area contributed by atoms with Gasteiger partial charge in [-0.25, -0.2) is 12.8 Å². The Morgan fingerprint density at radius 1 is 1.42 bits per heavy atom. The van der Waals surface area contributed by atoms with E-state index in [2.05, 4.69) is 0 Å². The molecule has 0 bridgehead atoms. The number of benzene rings is 1. The Morgan fingerprint density at radius 2 is 2.00 bits per heavy atom. The molecule has 0 radical (unpaired) electrons. The second-order valence-electron chi connectivity index (χ2n) is 4.91. The van der Waals surface area contributed by atoms with Crippen molar-refractivity contribution in [2.45, 2.75) is 25.5 Å². The molecule has 1 aromatic rings. The van der Waals surface area contributed by atoms with Crippen LogP contribution >= 0.6 is 11.6 Å². The van der Waals surface area contributed by atoms with Crippen LogP contribution in [-0.4, -0.2) is 13.2 Å². The van der Waals surface area contributed by atoms with Crippen molar-refractivity contribution in [1.82, 2.24) is 0 Å². The summed E-state index contributed by atoms with van der Waals surface area (Å²) in [7, 11) is -3.75. The van der Waals surface area contributed by atoms with Gasteiger partial charge in [-0.3, -0.25) is 0 Å². The molecule has 6 heteroatoms. The van der Waals surface area contributed by atoms with Crippen LogP contribution in [0, 0.1) is 17.1 Å². The van der Waals surface area contributed by atoms with Crippen molar-refractivity contribution in [2.75, 3.05) is 0 Å². The average Bonchev–Trinajstić information content (AvgIpc) is 2.28. The molecule has 1 rings (SSSR count). The van der Waals surface area contributed by atoms with Crippen molar-refractivity contribution in [2.24, 2.45) is 0 Å². The van der Waals surface area contributed by atoms with Gasteiger partial charge >= 0.3 is 0 Å². The van der Waals surface area contributed by atoms with E-state index >= 15 is 0 Å². The molecule has 19 heavy (non-hydrogen) atoms. The first-order chi connectivity index (χ1) is 8.59. The van der Waals surface area contributed by atoms with E-state index in [9.17, 15) is 12.8 Å². The number of allylic oxidation sites excluding steroid dienone is 1. The van der Waals surface area contributed by atoms with Crippen molar-refractivity contribution in [3.8, 4) is 6.07 Å². The maximum Gasteiger partial charge on any atom is 0.193 e. The highest BCUT2D eigenvalue weighted by Crippen LogP contribution is 2.26. The summed E-state index contributed by atoms with van der Waals surface area (Å²) < 4.78 is 36.2. The lowest BCUT2D eigenvalue weighted by Crippen LogP contribution is -2.28. The van der Waals surface area contributed by atoms with E-state index in [-0.39, 0.29) is 9.93 Å². The van der Waals surface area contributed by atoms with Gasteiger partial charge in [0.25, 0.3) is 0 Å². The first-order valence-electron chi connectivity index (χ1n) is 5.41. The van der Waals surface area contributed by atoms with Gasteiger partial charge in [0.05, 0.1) is 9.77 Å². The minimum absolute atomic E-state index is 0.126. The molecule has 0 aliphatic carbocycles. The summed E-state index contributed by atoms with van der Waals surface area (Å²) in [5, 5.41) is 8.88. The Labute approximate surface area is 117 Å². The third kappa shape index (κ3) is 3.34. The zero-order valence-corrected chi connectivity index (χ0v) is 12.3. The van der Waals surface area contributed by atoms with Crippen LogP contribution in [0.1, 0.15) is 26.3 Å². The molecular weight excluding hydrogens is 289 g/mol. The maximum atomic E-state index is 13.0. The Morgan fingerprint density at radius 3 is 2.42 bits per heavy atom. The van der Waals surface area contributed by atoms with Crippen molar-refractivity contribution in [3.63, 3.8) is 0 Å². The highest BCUT2D eigenvalue weighted by Gasteiger charge is 2.33. The van der Waals surface area contributed by atoms with Gasteiger partial charge in [-0.1, -0.05) is 17.7 Å². The lowest BCUT2D eigenvalue weighted by molar-refractivity contribution is 0.568. The Kier molecular flexibility index (Phi) is 4.39. The van der Waals surface area contributed by atoms with Crippen LogP contribution in [0.4, 0.5) is 4.39 Å². The van der Waals surface area contributed by atoms with Crippen LogP contribution in [0.3, 0.4) is 0 Å². The summed E-state index contributed by atoms with van der Waals surface area (Å²) in [4.78, 5) is -0.373. The first kappa shape index (κ1) is 15.7. The largest absolute Gasteiger partial charge is 0.222 e. The summed E-state index contributed by atoms with van der Waals surface area (Å²) in [6, 6.07) is 5.41. The Balaban J connectivity index is 3.37. The van der Waals surface area contributed by atoms with Gasteiger partial charge < -0.3 is 0 Å². The number of nitrogens with zero attached hydrogens (tertiary/aromatic N) is 1. The van der Waals surface area contributed by atoms with Gasteiger partial charge in [0.2, 0.25) is 0 Å². The predicted octanol–water partition coefficient (Wildman–Crippen LogP) is 3.56. The van der Waals surface area contributed by atoms with E-state index in [1.54, 1.807) is 6.07 Å². The lowest BCUT2D eigenvalue weighted by Gasteiger charge is -2.18.